The third-order valence-corrected chi connectivity index (χ3v) is 6.86. The molecule has 0 saturated carbocycles. The van der Waals surface area contributed by atoms with Crippen LogP contribution in [0.2, 0.25) is 0 Å². The highest BCUT2D eigenvalue weighted by Crippen LogP contribution is 2.34. The fraction of sp³-hybridized carbons (Fsp3) is 0.242. The lowest BCUT2D eigenvalue weighted by Gasteiger charge is -2.24. The summed E-state index contributed by atoms with van der Waals surface area (Å²) < 4.78 is 29.0. The summed E-state index contributed by atoms with van der Waals surface area (Å²) in [5, 5.41) is 6.77. The number of nitrogens with zero attached hydrogens (tertiary/aromatic N) is 3. The van der Waals surface area contributed by atoms with E-state index in [9.17, 15) is 24.0 Å². The maximum absolute atomic E-state index is 13.3. The lowest BCUT2D eigenvalue weighted by atomic mass is 10.1. The minimum atomic E-state index is -1.48. The molecular formula is C33H30N4O10. The Hall–Kier alpha value is -5.89. The molecule has 0 aliphatic carbocycles. The van der Waals surface area contributed by atoms with Crippen molar-refractivity contribution in [1.82, 2.24) is 14.8 Å². The number of carbonyl (C=O) groups is 4. The molecule has 0 unspecified atom stereocenters. The molecule has 2 heterocycles. The molecular weight excluding hydrogens is 612 g/mol. The van der Waals surface area contributed by atoms with E-state index in [1.165, 1.54) is 24.3 Å². The van der Waals surface area contributed by atoms with Crippen LogP contribution in [0.15, 0.2) is 102 Å². The first kappa shape index (κ1) is 32.5. The third-order valence-electron chi connectivity index (χ3n) is 6.86. The van der Waals surface area contributed by atoms with Gasteiger partial charge in [0, 0.05) is 0 Å². The Morgan fingerprint density at radius 1 is 0.766 bits per heavy atom. The number of hydrogen-bond acceptors (Lipinski definition) is 13. The van der Waals surface area contributed by atoms with Crippen molar-refractivity contribution in [2.75, 3.05) is 25.1 Å². The van der Waals surface area contributed by atoms with Gasteiger partial charge >= 0.3 is 29.6 Å². The molecule has 1 saturated heterocycles. The van der Waals surface area contributed by atoms with E-state index in [4.69, 9.17) is 23.7 Å². The first-order valence-corrected chi connectivity index (χ1v) is 14.6. The van der Waals surface area contributed by atoms with Crippen molar-refractivity contribution in [2.45, 2.75) is 31.5 Å². The Morgan fingerprint density at radius 3 is 1.83 bits per heavy atom. The summed E-state index contributed by atoms with van der Waals surface area (Å²) in [6, 6.07) is 24.3. The second-order valence-electron chi connectivity index (χ2n) is 10.0. The predicted molar refractivity (Wildman–Crippen MR) is 163 cm³/mol. The maximum Gasteiger partial charge on any atom is 0.368 e. The van der Waals surface area contributed by atoms with Crippen molar-refractivity contribution in [1.29, 1.82) is 0 Å². The zero-order valence-corrected chi connectivity index (χ0v) is 25.1. The molecule has 1 aromatic heterocycles. The third kappa shape index (κ3) is 8.23. The Balaban J connectivity index is 1.47. The van der Waals surface area contributed by atoms with Gasteiger partial charge in [0.1, 0.15) is 19.3 Å². The molecule has 1 aliphatic rings. The minimum absolute atomic E-state index is 0.0319. The highest BCUT2D eigenvalue weighted by molar-refractivity contribution is 5.91. The first-order chi connectivity index (χ1) is 22.8. The number of aromatic nitrogens is 3. The molecule has 14 heteroatoms. The molecule has 3 aromatic carbocycles. The first-order valence-electron chi connectivity index (χ1n) is 14.6. The number of nitrogens with one attached hydrogen (secondary N) is 1. The van der Waals surface area contributed by atoms with Crippen molar-refractivity contribution < 1.29 is 42.9 Å². The quantitative estimate of drug-likeness (QED) is 0.177. The minimum Gasteiger partial charge on any atom is -0.465 e. The van der Waals surface area contributed by atoms with Gasteiger partial charge in [-0.2, -0.15) is 14.8 Å². The molecule has 4 aromatic rings. The highest BCUT2D eigenvalue weighted by Gasteiger charge is 2.52. The Morgan fingerprint density at radius 2 is 1.30 bits per heavy atom. The number of benzene rings is 3. The van der Waals surface area contributed by atoms with E-state index < -0.39 is 60.7 Å². The van der Waals surface area contributed by atoms with E-state index in [0.717, 1.165) is 10.9 Å². The topological polar surface area (TPSA) is 174 Å². The highest BCUT2D eigenvalue weighted by atomic mass is 16.7. The van der Waals surface area contributed by atoms with Crippen LogP contribution in [0, 0.1) is 0 Å². The van der Waals surface area contributed by atoms with Gasteiger partial charge in [-0.15, -0.1) is 0 Å². The number of rotatable bonds is 12. The average molecular weight is 643 g/mol. The fourth-order valence-electron chi connectivity index (χ4n) is 4.64. The Bertz CT molecular complexity index is 1750. The van der Waals surface area contributed by atoms with E-state index in [1.807, 2.05) is 0 Å². The Kier molecular flexibility index (Phi) is 10.7. The van der Waals surface area contributed by atoms with Crippen LogP contribution >= 0.6 is 0 Å². The molecule has 0 amide bonds. The van der Waals surface area contributed by atoms with Crippen molar-refractivity contribution >= 4 is 29.7 Å². The lowest BCUT2D eigenvalue weighted by molar-refractivity contribution is -0.140. The number of carbonyl (C=O) groups excluding carboxylic acids is 4. The molecule has 14 nitrogen and oxygen atoms in total. The largest absolute Gasteiger partial charge is 0.465 e. The summed E-state index contributed by atoms with van der Waals surface area (Å²) in [6.45, 7) is 1.11. The van der Waals surface area contributed by atoms with Crippen LogP contribution in [-0.4, -0.2) is 76.7 Å². The summed E-state index contributed by atoms with van der Waals surface area (Å²) in [7, 11) is 0. The van der Waals surface area contributed by atoms with E-state index in [-0.39, 0.29) is 35.7 Å². The van der Waals surface area contributed by atoms with Gasteiger partial charge in [0.15, 0.2) is 24.3 Å². The summed E-state index contributed by atoms with van der Waals surface area (Å²) in [4.78, 5) is 68.2. The van der Waals surface area contributed by atoms with E-state index in [0.29, 0.717) is 0 Å². The molecule has 242 valence electrons. The summed E-state index contributed by atoms with van der Waals surface area (Å²) in [5.74, 6) is -2.87. The van der Waals surface area contributed by atoms with Crippen LogP contribution in [0.1, 0.15) is 44.2 Å². The number of hydrogen-bond donors (Lipinski definition) is 1. The van der Waals surface area contributed by atoms with Crippen molar-refractivity contribution in [3.63, 3.8) is 0 Å². The molecule has 5 rings (SSSR count). The molecule has 4 atom stereocenters. The standard InChI is InChI=1S/C33H30N4O10/c1-2-43-26(38)19-34-25-18-35-37(33(42)36-25)29-28(47-32(41)23-16-10-5-11-17-23)27(46-31(40)22-14-8-4-9-15-22)24(45-29)20-44-30(39)21-12-6-3-7-13-21/h3-18,24,27-29H,2,19-20H2,1H3,(H,34,36,42)/t24-,27-,28+,29-/m1/s1. The number of esters is 4. The van der Waals surface area contributed by atoms with Crippen LogP contribution < -0.4 is 11.0 Å². The molecule has 47 heavy (non-hydrogen) atoms. The van der Waals surface area contributed by atoms with Gasteiger partial charge < -0.3 is 29.0 Å². The van der Waals surface area contributed by atoms with Gasteiger partial charge in [0.05, 0.1) is 29.5 Å². The van der Waals surface area contributed by atoms with Gasteiger partial charge in [-0.1, -0.05) is 54.6 Å². The fourth-order valence-corrected chi connectivity index (χ4v) is 4.64. The van der Waals surface area contributed by atoms with Crippen LogP contribution in [0.25, 0.3) is 0 Å². The molecule has 1 N–H and O–H groups in total. The van der Waals surface area contributed by atoms with E-state index >= 15 is 0 Å². The van der Waals surface area contributed by atoms with Crippen LogP contribution in [0.3, 0.4) is 0 Å². The van der Waals surface area contributed by atoms with Crippen molar-refractivity contribution in [2.24, 2.45) is 0 Å². The molecule has 1 fully saturated rings. The second kappa shape index (κ2) is 15.4. The monoisotopic (exact) mass is 642 g/mol. The predicted octanol–water partition coefficient (Wildman–Crippen LogP) is 2.82. The van der Waals surface area contributed by atoms with Gasteiger partial charge in [-0.3, -0.25) is 4.79 Å². The smallest absolute Gasteiger partial charge is 0.368 e. The number of ether oxygens (including phenoxy) is 5. The van der Waals surface area contributed by atoms with Gasteiger partial charge in [-0.25, -0.2) is 19.2 Å². The average Bonchev–Trinajstić information content (AvgIpc) is 3.43. The van der Waals surface area contributed by atoms with Crippen molar-refractivity contribution in [3.8, 4) is 0 Å². The zero-order chi connectivity index (χ0) is 33.2. The van der Waals surface area contributed by atoms with Crippen LogP contribution in [0.4, 0.5) is 5.82 Å². The van der Waals surface area contributed by atoms with Crippen LogP contribution in [0.5, 0.6) is 0 Å². The van der Waals surface area contributed by atoms with Gasteiger partial charge in [0.2, 0.25) is 0 Å². The number of anilines is 1. The molecule has 0 spiro atoms. The summed E-state index contributed by atoms with van der Waals surface area (Å²) in [5.41, 5.74) is -0.312. The van der Waals surface area contributed by atoms with E-state index in [1.54, 1.807) is 73.7 Å². The SMILES string of the molecule is CCOC(=O)CNc1cnn([C@@H]2O[C@H](COC(=O)c3ccccc3)[C@@H](OC(=O)c3ccccc3)[C@@H]2OC(=O)c2ccccc2)c(=O)n1. The maximum atomic E-state index is 13.3. The molecule has 0 radical (unpaired) electrons. The van der Waals surface area contributed by atoms with Crippen molar-refractivity contribution in [3.05, 3.63) is 124 Å². The molecule has 0 bridgehead atoms. The van der Waals surface area contributed by atoms with E-state index in [2.05, 4.69) is 15.4 Å². The lowest BCUT2D eigenvalue weighted by Crippen LogP contribution is -2.43. The van der Waals surface area contributed by atoms with Gasteiger partial charge in [0.25, 0.3) is 0 Å². The molecule has 1 aliphatic heterocycles. The zero-order valence-electron chi connectivity index (χ0n) is 25.1. The summed E-state index contributed by atoms with van der Waals surface area (Å²) >= 11 is 0. The van der Waals surface area contributed by atoms with Crippen LogP contribution in [-0.2, 0) is 28.5 Å². The normalized spacial score (nSPS) is 18.5. The summed E-state index contributed by atoms with van der Waals surface area (Å²) in [6.07, 6.45) is -4.37. The Labute approximate surface area is 268 Å². The van der Waals surface area contributed by atoms with Gasteiger partial charge in [-0.05, 0) is 43.3 Å². The second-order valence-corrected chi connectivity index (χ2v) is 10.0.